The van der Waals surface area contributed by atoms with Crippen molar-refractivity contribution in [3.8, 4) is 5.88 Å². The molecule has 0 bridgehead atoms. The van der Waals surface area contributed by atoms with Crippen LogP contribution in [-0.2, 0) is 0 Å². The Kier molecular flexibility index (Phi) is 6.84. The van der Waals surface area contributed by atoms with E-state index in [0.29, 0.717) is 6.54 Å². The van der Waals surface area contributed by atoms with Gasteiger partial charge in [0.2, 0.25) is 5.88 Å². The second-order valence-electron chi connectivity index (χ2n) is 5.77. The van der Waals surface area contributed by atoms with Gasteiger partial charge < -0.3 is 15.0 Å². The van der Waals surface area contributed by atoms with E-state index in [2.05, 4.69) is 19.9 Å². The molecule has 0 radical (unpaired) electrons. The van der Waals surface area contributed by atoms with E-state index in [1.807, 2.05) is 0 Å². The van der Waals surface area contributed by atoms with E-state index in [-0.39, 0.29) is 11.4 Å². The molecular formula is C16H22F3N3O2. The van der Waals surface area contributed by atoms with E-state index >= 15 is 0 Å². The maximum atomic E-state index is 12.2. The molecule has 1 N–H and O–H groups in total. The fraction of sp³-hybridized carbons (Fsp3) is 0.625. The Morgan fingerprint density at radius 2 is 2.04 bits per heavy atom. The highest BCUT2D eigenvalue weighted by Crippen LogP contribution is 2.19. The van der Waals surface area contributed by atoms with Gasteiger partial charge in [0.15, 0.2) is 6.61 Å². The number of ether oxygens (including phenoxy) is 1. The summed E-state index contributed by atoms with van der Waals surface area (Å²) in [6.45, 7) is 2.07. The molecule has 1 saturated heterocycles. The maximum absolute atomic E-state index is 12.2. The normalized spacial score (nSPS) is 16.0. The number of nitrogens with one attached hydrogen (secondary N) is 1. The number of carbonyl (C=O) groups excluding carboxylic acids is 1. The number of halogens is 3. The minimum atomic E-state index is -4.47. The van der Waals surface area contributed by atoms with Crippen molar-refractivity contribution in [2.45, 2.75) is 31.9 Å². The quantitative estimate of drug-likeness (QED) is 0.772. The molecule has 0 aromatic carbocycles. The van der Waals surface area contributed by atoms with Crippen molar-refractivity contribution in [2.24, 2.45) is 0 Å². The van der Waals surface area contributed by atoms with E-state index in [1.54, 1.807) is 0 Å². The van der Waals surface area contributed by atoms with E-state index in [0.717, 1.165) is 26.1 Å². The number of amides is 1. The highest BCUT2D eigenvalue weighted by atomic mass is 19.4. The van der Waals surface area contributed by atoms with Crippen LogP contribution in [0, 0.1) is 0 Å². The van der Waals surface area contributed by atoms with Crippen LogP contribution in [0.2, 0.25) is 0 Å². The third-order valence-electron chi connectivity index (χ3n) is 3.77. The number of rotatable bonds is 7. The minimum Gasteiger partial charge on any atom is -0.467 e. The third kappa shape index (κ3) is 6.35. The number of pyridine rings is 1. The van der Waals surface area contributed by atoms with Crippen LogP contribution in [0.1, 0.15) is 36.0 Å². The molecular weight excluding hydrogens is 323 g/mol. The molecule has 1 fully saturated rings. The maximum Gasteiger partial charge on any atom is 0.422 e. The first kappa shape index (κ1) is 18.5. The molecule has 134 valence electrons. The van der Waals surface area contributed by atoms with Crippen LogP contribution in [-0.4, -0.2) is 54.8 Å². The Morgan fingerprint density at radius 1 is 1.29 bits per heavy atom. The molecule has 0 atom stereocenters. The van der Waals surface area contributed by atoms with E-state index in [1.165, 1.54) is 37.6 Å². The average Bonchev–Trinajstić information content (AvgIpc) is 2.57. The molecule has 1 aliphatic heterocycles. The van der Waals surface area contributed by atoms with Crippen molar-refractivity contribution in [2.75, 3.05) is 32.8 Å². The molecule has 1 aromatic heterocycles. The van der Waals surface area contributed by atoms with Crippen molar-refractivity contribution in [3.63, 3.8) is 0 Å². The third-order valence-corrected chi connectivity index (χ3v) is 3.77. The summed E-state index contributed by atoms with van der Waals surface area (Å²) in [6.07, 6.45) is 1.31. The largest absolute Gasteiger partial charge is 0.467 e. The smallest absolute Gasteiger partial charge is 0.422 e. The number of alkyl halides is 3. The molecule has 2 heterocycles. The lowest BCUT2D eigenvalue weighted by Gasteiger charge is -2.26. The zero-order valence-electron chi connectivity index (χ0n) is 13.4. The highest BCUT2D eigenvalue weighted by Gasteiger charge is 2.29. The zero-order valence-corrected chi connectivity index (χ0v) is 13.4. The Morgan fingerprint density at radius 3 is 2.75 bits per heavy atom. The predicted octanol–water partition coefficient (Wildman–Crippen LogP) is 2.63. The van der Waals surface area contributed by atoms with Crippen molar-refractivity contribution in [1.29, 1.82) is 0 Å². The van der Waals surface area contributed by atoms with E-state index in [9.17, 15) is 18.0 Å². The average molecular weight is 345 g/mol. The van der Waals surface area contributed by atoms with Gasteiger partial charge >= 0.3 is 6.18 Å². The fourth-order valence-electron chi connectivity index (χ4n) is 2.61. The van der Waals surface area contributed by atoms with Gasteiger partial charge in [0, 0.05) is 12.7 Å². The summed E-state index contributed by atoms with van der Waals surface area (Å²) in [4.78, 5) is 18.2. The van der Waals surface area contributed by atoms with Gasteiger partial charge in [0.05, 0.1) is 0 Å². The van der Waals surface area contributed by atoms with Crippen LogP contribution in [0.5, 0.6) is 5.88 Å². The molecule has 5 nitrogen and oxygen atoms in total. The van der Waals surface area contributed by atoms with E-state index < -0.39 is 18.7 Å². The van der Waals surface area contributed by atoms with Gasteiger partial charge in [-0.1, -0.05) is 6.42 Å². The number of hydrogen-bond donors (Lipinski definition) is 1. The molecule has 0 saturated carbocycles. The molecule has 2 rings (SSSR count). The second-order valence-corrected chi connectivity index (χ2v) is 5.77. The lowest BCUT2D eigenvalue weighted by atomic mass is 10.1. The number of carbonyl (C=O) groups is 1. The lowest BCUT2D eigenvalue weighted by Crippen LogP contribution is -2.33. The van der Waals surface area contributed by atoms with Crippen LogP contribution in [0.15, 0.2) is 18.3 Å². The number of likely N-dealkylation sites (tertiary alicyclic amines) is 1. The molecule has 1 aromatic rings. The number of hydrogen-bond acceptors (Lipinski definition) is 4. The standard InChI is InChI=1S/C16H22F3N3O2/c17-16(18,19)12-24-15-13(6-4-7-21-15)14(23)20-8-5-11-22-9-2-1-3-10-22/h4,6-7H,1-3,5,8-12H2,(H,20,23). The molecule has 0 unspecified atom stereocenters. The first-order valence-electron chi connectivity index (χ1n) is 8.11. The van der Waals surface area contributed by atoms with Gasteiger partial charge in [0.1, 0.15) is 5.56 Å². The fourth-order valence-corrected chi connectivity index (χ4v) is 2.61. The zero-order chi connectivity index (χ0) is 17.4. The van der Waals surface area contributed by atoms with Crippen molar-refractivity contribution < 1.29 is 22.7 Å². The van der Waals surface area contributed by atoms with Crippen LogP contribution in [0.25, 0.3) is 0 Å². The molecule has 8 heteroatoms. The van der Waals surface area contributed by atoms with Crippen LogP contribution < -0.4 is 10.1 Å². The summed E-state index contributed by atoms with van der Waals surface area (Å²) in [5.41, 5.74) is 0.0136. The van der Waals surface area contributed by atoms with Gasteiger partial charge in [-0.15, -0.1) is 0 Å². The Balaban J connectivity index is 1.79. The number of nitrogens with zero attached hydrogens (tertiary/aromatic N) is 2. The molecule has 24 heavy (non-hydrogen) atoms. The van der Waals surface area contributed by atoms with Crippen molar-refractivity contribution in [3.05, 3.63) is 23.9 Å². The van der Waals surface area contributed by atoms with Gasteiger partial charge in [0.25, 0.3) is 5.91 Å². The lowest BCUT2D eigenvalue weighted by molar-refractivity contribution is -0.154. The number of piperidine rings is 1. The number of aromatic nitrogens is 1. The van der Waals surface area contributed by atoms with Crippen molar-refractivity contribution >= 4 is 5.91 Å². The van der Waals surface area contributed by atoms with Crippen LogP contribution in [0.3, 0.4) is 0 Å². The summed E-state index contributed by atoms with van der Waals surface area (Å²) in [6, 6.07) is 2.89. The molecule has 1 aliphatic rings. The first-order valence-corrected chi connectivity index (χ1v) is 8.11. The highest BCUT2D eigenvalue weighted by molar-refractivity contribution is 5.96. The topological polar surface area (TPSA) is 54.5 Å². The Bertz CT molecular complexity index is 532. The summed E-state index contributed by atoms with van der Waals surface area (Å²) in [5, 5.41) is 2.71. The minimum absolute atomic E-state index is 0.0136. The van der Waals surface area contributed by atoms with Gasteiger partial charge in [-0.3, -0.25) is 4.79 Å². The monoisotopic (exact) mass is 345 g/mol. The van der Waals surface area contributed by atoms with Gasteiger partial charge in [-0.05, 0) is 51.0 Å². The van der Waals surface area contributed by atoms with Gasteiger partial charge in [-0.2, -0.15) is 13.2 Å². The second kappa shape index (κ2) is 8.86. The molecule has 1 amide bonds. The Labute approximate surface area is 139 Å². The van der Waals surface area contributed by atoms with Crippen LogP contribution in [0.4, 0.5) is 13.2 Å². The van der Waals surface area contributed by atoms with Gasteiger partial charge in [-0.25, -0.2) is 4.98 Å². The summed E-state index contributed by atoms with van der Waals surface area (Å²) < 4.78 is 41.3. The van der Waals surface area contributed by atoms with Crippen molar-refractivity contribution in [1.82, 2.24) is 15.2 Å². The summed E-state index contributed by atoms with van der Waals surface area (Å²) >= 11 is 0. The van der Waals surface area contributed by atoms with Crippen LogP contribution >= 0.6 is 0 Å². The molecule has 0 spiro atoms. The molecule has 0 aliphatic carbocycles. The summed E-state index contributed by atoms with van der Waals surface area (Å²) in [5.74, 6) is -0.776. The summed E-state index contributed by atoms with van der Waals surface area (Å²) in [7, 11) is 0. The Hall–Kier alpha value is -1.83. The van der Waals surface area contributed by atoms with E-state index in [4.69, 9.17) is 0 Å². The predicted molar refractivity (Wildman–Crippen MR) is 83.0 cm³/mol. The SMILES string of the molecule is O=C(NCCCN1CCCCC1)c1cccnc1OCC(F)(F)F. The first-order chi connectivity index (χ1) is 11.5.